The normalized spacial score (nSPS) is 33.6. The van der Waals surface area contributed by atoms with Gasteiger partial charge in [0.2, 0.25) is 0 Å². The van der Waals surface area contributed by atoms with Crippen LogP contribution in [-0.4, -0.2) is 40.4 Å². The molecule has 64 valence electrons. The first-order valence-electron chi connectivity index (χ1n) is 3.75. The van der Waals surface area contributed by atoms with Crippen molar-refractivity contribution in [3.8, 4) is 0 Å². The molecular formula is C7H13NO3. The highest BCUT2D eigenvalue weighted by Gasteiger charge is 2.30. The van der Waals surface area contributed by atoms with Crippen molar-refractivity contribution in [3.63, 3.8) is 0 Å². The predicted molar refractivity (Wildman–Crippen MR) is 39.0 cm³/mol. The van der Waals surface area contributed by atoms with Crippen LogP contribution in [0.5, 0.6) is 0 Å². The van der Waals surface area contributed by atoms with Crippen LogP contribution in [0, 0.1) is 0 Å². The minimum absolute atomic E-state index is 0.501. The van der Waals surface area contributed by atoms with Gasteiger partial charge < -0.3 is 10.2 Å². The summed E-state index contributed by atoms with van der Waals surface area (Å²) in [5.41, 5.74) is 0. The van der Waals surface area contributed by atoms with Crippen LogP contribution >= 0.6 is 0 Å². The Labute approximate surface area is 65.4 Å². The maximum absolute atomic E-state index is 10.6. The van der Waals surface area contributed by atoms with Crippen molar-refractivity contribution >= 4 is 5.97 Å². The fourth-order valence-corrected chi connectivity index (χ4v) is 1.41. The topological polar surface area (TPSA) is 60.8 Å². The molecule has 1 fully saturated rings. The summed E-state index contributed by atoms with van der Waals surface area (Å²) in [7, 11) is 1.64. The van der Waals surface area contributed by atoms with E-state index in [0.717, 1.165) is 6.42 Å². The Bertz CT molecular complexity index is 160. The highest BCUT2D eigenvalue weighted by atomic mass is 16.4. The summed E-state index contributed by atoms with van der Waals surface area (Å²) in [4.78, 5) is 12.1. The molecule has 1 aliphatic heterocycles. The number of rotatable bonds is 1. The number of aliphatic hydroxyl groups excluding tert-OH is 1. The zero-order valence-corrected chi connectivity index (χ0v) is 6.53. The second-order valence-corrected chi connectivity index (χ2v) is 2.93. The number of carboxylic acid groups (broad SMARTS) is 1. The van der Waals surface area contributed by atoms with Gasteiger partial charge in [-0.25, -0.2) is 0 Å². The molecule has 11 heavy (non-hydrogen) atoms. The smallest absolute Gasteiger partial charge is 0.320 e. The van der Waals surface area contributed by atoms with E-state index in [1.54, 1.807) is 7.05 Å². The number of nitrogens with zero attached hydrogens (tertiary/aromatic N) is 1. The number of likely N-dealkylation sites (N-methyl/N-ethyl adjacent to an activating group) is 1. The lowest BCUT2D eigenvalue weighted by Gasteiger charge is -2.33. The van der Waals surface area contributed by atoms with Gasteiger partial charge >= 0.3 is 5.97 Å². The van der Waals surface area contributed by atoms with Crippen molar-refractivity contribution in [1.29, 1.82) is 0 Å². The van der Waals surface area contributed by atoms with Gasteiger partial charge in [0.1, 0.15) is 12.3 Å². The van der Waals surface area contributed by atoms with Crippen molar-refractivity contribution in [2.45, 2.75) is 31.5 Å². The lowest BCUT2D eigenvalue weighted by atomic mass is 10.0. The highest BCUT2D eigenvalue weighted by Crippen LogP contribution is 2.19. The van der Waals surface area contributed by atoms with E-state index < -0.39 is 18.2 Å². The highest BCUT2D eigenvalue weighted by molar-refractivity contribution is 5.73. The molecule has 0 aromatic heterocycles. The molecule has 0 aliphatic carbocycles. The SMILES string of the molecule is CN1C(O)CCCC1C(=O)O. The molecule has 1 heterocycles. The third-order valence-corrected chi connectivity index (χ3v) is 2.19. The van der Waals surface area contributed by atoms with Crippen LogP contribution in [0.4, 0.5) is 0 Å². The van der Waals surface area contributed by atoms with Crippen LogP contribution in [-0.2, 0) is 4.79 Å². The van der Waals surface area contributed by atoms with Crippen LogP contribution in [0.2, 0.25) is 0 Å². The van der Waals surface area contributed by atoms with Gasteiger partial charge in [-0.15, -0.1) is 0 Å². The molecule has 0 aromatic rings. The van der Waals surface area contributed by atoms with E-state index in [-0.39, 0.29) is 0 Å². The summed E-state index contributed by atoms with van der Waals surface area (Å²) < 4.78 is 0. The number of aliphatic carboxylic acids is 1. The Kier molecular flexibility index (Phi) is 2.46. The molecule has 0 saturated carbocycles. The molecule has 2 atom stereocenters. The largest absolute Gasteiger partial charge is 0.480 e. The van der Waals surface area contributed by atoms with E-state index in [1.807, 2.05) is 0 Å². The summed E-state index contributed by atoms with van der Waals surface area (Å²) >= 11 is 0. The minimum atomic E-state index is -0.841. The predicted octanol–water partition coefficient (Wildman–Crippen LogP) is -0.126. The molecule has 0 spiro atoms. The minimum Gasteiger partial charge on any atom is -0.480 e. The number of carbonyl (C=O) groups is 1. The molecular weight excluding hydrogens is 146 g/mol. The van der Waals surface area contributed by atoms with E-state index in [0.29, 0.717) is 12.8 Å². The van der Waals surface area contributed by atoms with Crippen LogP contribution in [0.3, 0.4) is 0 Å². The van der Waals surface area contributed by atoms with Gasteiger partial charge in [0.25, 0.3) is 0 Å². The lowest BCUT2D eigenvalue weighted by Crippen LogP contribution is -2.47. The van der Waals surface area contributed by atoms with Gasteiger partial charge in [0, 0.05) is 0 Å². The van der Waals surface area contributed by atoms with E-state index in [2.05, 4.69) is 0 Å². The van der Waals surface area contributed by atoms with Crippen molar-refractivity contribution in [3.05, 3.63) is 0 Å². The molecule has 2 unspecified atom stereocenters. The maximum atomic E-state index is 10.6. The monoisotopic (exact) mass is 159 g/mol. The second kappa shape index (κ2) is 3.19. The Morgan fingerprint density at radius 2 is 2.18 bits per heavy atom. The first-order valence-corrected chi connectivity index (χ1v) is 3.75. The maximum Gasteiger partial charge on any atom is 0.320 e. The zero-order valence-electron chi connectivity index (χ0n) is 6.53. The average Bonchev–Trinajstić information content (AvgIpc) is 1.94. The molecule has 1 saturated heterocycles. The van der Waals surface area contributed by atoms with Gasteiger partial charge in [-0.1, -0.05) is 0 Å². The fourth-order valence-electron chi connectivity index (χ4n) is 1.41. The summed E-state index contributed by atoms with van der Waals surface area (Å²) in [6.07, 6.45) is 1.54. The van der Waals surface area contributed by atoms with E-state index >= 15 is 0 Å². The van der Waals surface area contributed by atoms with Crippen molar-refractivity contribution in [2.24, 2.45) is 0 Å². The lowest BCUT2D eigenvalue weighted by molar-refractivity contribution is -0.150. The van der Waals surface area contributed by atoms with Gasteiger partial charge in [0.05, 0.1) is 0 Å². The van der Waals surface area contributed by atoms with Crippen LogP contribution in [0.15, 0.2) is 0 Å². The molecule has 1 rings (SSSR count). The molecule has 0 bridgehead atoms. The Morgan fingerprint density at radius 1 is 1.55 bits per heavy atom. The van der Waals surface area contributed by atoms with E-state index in [1.165, 1.54) is 4.90 Å². The van der Waals surface area contributed by atoms with Gasteiger partial charge in [0.15, 0.2) is 0 Å². The Morgan fingerprint density at radius 3 is 2.64 bits per heavy atom. The first kappa shape index (κ1) is 8.49. The molecule has 0 aromatic carbocycles. The van der Waals surface area contributed by atoms with Gasteiger partial charge in [-0.2, -0.15) is 0 Å². The number of hydrogen-bond acceptors (Lipinski definition) is 3. The number of carboxylic acids is 1. The quantitative estimate of drug-likeness (QED) is 0.559. The first-order chi connectivity index (χ1) is 5.13. The van der Waals surface area contributed by atoms with E-state index in [9.17, 15) is 9.90 Å². The molecule has 1 aliphatic rings. The van der Waals surface area contributed by atoms with Crippen molar-refractivity contribution in [1.82, 2.24) is 4.90 Å². The number of aliphatic hydroxyl groups is 1. The number of likely N-dealkylation sites (tertiary alicyclic amines) is 1. The fraction of sp³-hybridized carbons (Fsp3) is 0.857. The Hall–Kier alpha value is -0.610. The van der Waals surface area contributed by atoms with Crippen LogP contribution < -0.4 is 0 Å². The zero-order chi connectivity index (χ0) is 8.43. The number of piperidine rings is 1. The summed E-state index contributed by atoms with van der Waals surface area (Å²) in [5, 5.41) is 17.9. The van der Waals surface area contributed by atoms with E-state index in [4.69, 9.17) is 5.11 Å². The van der Waals surface area contributed by atoms with Crippen LogP contribution in [0.1, 0.15) is 19.3 Å². The molecule has 4 nitrogen and oxygen atoms in total. The van der Waals surface area contributed by atoms with Crippen molar-refractivity contribution < 1.29 is 15.0 Å². The third kappa shape index (κ3) is 1.70. The second-order valence-electron chi connectivity index (χ2n) is 2.93. The third-order valence-electron chi connectivity index (χ3n) is 2.19. The summed E-state index contributed by atoms with van der Waals surface area (Å²) in [6, 6.07) is -0.501. The van der Waals surface area contributed by atoms with Gasteiger partial charge in [-0.05, 0) is 26.3 Å². The molecule has 0 amide bonds. The summed E-state index contributed by atoms with van der Waals surface area (Å²) in [5.74, 6) is -0.841. The van der Waals surface area contributed by atoms with Crippen LogP contribution in [0.25, 0.3) is 0 Å². The molecule has 0 radical (unpaired) electrons. The average molecular weight is 159 g/mol. The standard InChI is InChI=1S/C7H13NO3/c1-8-5(7(10)11)3-2-4-6(8)9/h5-6,9H,2-4H2,1H3,(H,10,11). The summed E-state index contributed by atoms with van der Waals surface area (Å²) in [6.45, 7) is 0. The number of hydrogen-bond donors (Lipinski definition) is 2. The van der Waals surface area contributed by atoms with Gasteiger partial charge in [-0.3, -0.25) is 9.69 Å². The molecule has 2 N–H and O–H groups in total. The molecule has 4 heteroatoms. The van der Waals surface area contributed by atoms with Crippen molar-refractivity contribution in [2.75, 3.05) is 7.05 Å². The Balaban J connectivity index is 2.58.